The molecule has 0 fully saturated rings. The molecular weight excluding hydrogens is 401 g/mol. The molecule has 0 aliphatic heterocycles. The molecule has 0 saturated carbocycles. The lowest BCUT2D eigenvalue weighted by Gasteiger charge is -2.22. The van der Waals surface area contributed by atoms with Crippen molar-refractivity contribution in [2.24, 2.45) is 0 Å². The first kappa shape index (κ1) is 20.5. The largest absolute Gasteiger partial charge is 0.334 e. The Morgan fingerprint density at radius 1 is 1.30 bits per heavy atom. The van der Waals surface area contributed by atoms with Gasteiger partial charge in [0.15, 0.2) is 0 Å². The van der Waals surface area contributed by atoms with Crippen molar-refractivity contribution in [2.45, 2.75) is 45.2 Å². The molecule has 2 aromatic heterocycles. The van der Waals surface area contributed by atoms with E-state index >= 15 is 0 Å². The van der Waals surface area contributed by atoms with E-state index in [-0.39, 0.29) is 36.8 Å². The Morgan fingerprint density at radius 2 is 2.10 bits per heavy atom. The summed E-state index contributed by atoms with van der Waals surface area (Å²) in [4.78, 5) is 33.9. The van der Waals surface area contributed by atoms with E-state index in [9.17, 15) is 14.0 Å². The van der Waals surface area contributed by atoms with Crippen molar-refractivity contribution in [3.05, 3.63) is 75.4 Å². The summed E-state index contributed by atoms with van der Waals surface area (Å²) in [7, 11) is 0. The van der Waals surface area contributed by atoms with Crippen LogP contribution < -0.4 is 5.56 Å². The molecule has 0 spiro atoms. The number of carbonyl (C=O) groups excluding carboxylic acids is 1. The summed E-state index contributed by atoms with van der Waals surface area (Å²) in [5, 5.41) is 0.721. The van der Waals surface area contributed by atoms with Gasteiger partial charge in [-0.3, -0.25) is 14.2 Å². The van der Waals surface area contributed by atoms with Crippen molar-refractivity contribution >= 4 is 27.5 Å². The lowest BCUT2D eigenvalue weighted by atomic mass is 9.97. The minimum absolute atomic E-state index is 0.0726. The zero-order valence-corrected chi connectivity index (χ0v) is 17.6. The molecule has 1 aliphatic carbocycles. The first-order chi connectivity index (χ1) is 14.6. The van der Waals surface area contributed by atoms with Crippen molar-refractivity contribution in [2.75, 3.05) is 6.54 Å². The van der Waals surface area contributed by atoms with Gasteiger partial charge in [0.25, 0.3) is 5.56 Å². The number of halogens is 1. The number of carbonyl (C=O) groups is 1. The number of amides is 1. The third-order valence-electron chi connectivity index (χ3n) is 5.53. The predicted molar refractivity (Wildman–Crippen MR) is 117 cm³/mol. The smallest absolute Gasteiger partial charge is 0.262 e. The van der Waals surface area contributed by atoms with Gasteiger partial charge in [-0.25, -0.2) is 9.37 Å². The highest BCUT2D eigenvalue weighted by Crippen LogP contribution is 2.33. The molecule has 0 radical (unpaired) electrons. The van der Waals surface area contributed by atoms with Gasteiger partial charge in [-0.1, -0.05) is 24.3 Å². The van der Waals surface area contributed by atoms with Crippen LogP contribution in [0.5, 0.6) is 0 Å². The van der Waals surface area contributed by atoms with Crippen molar-refractivity contribution in [1.29, 1.82) is 0 Å². The first-order valence-corrected chi connectivity index (χ1v) is 11.0. The van der Waals surface area contributed by atoms with Crippen molar-refractivity contribution in [3.8, 4) is 0 Å². The van der Waals surface area contributed by atoms with E-state index in [2.05, 4.69) is 11.6 Å². The van der Waals surface area contributed by atoms with Gasteiger partial charge in [0.2, 0.25) is 5.91 Å². The van der Waals surface area contributed by atoms with E-state index in [1.54, 1.807) is 40.5 Å². The van der Waals surface area contributed by atoms with E-state index in [4.69, 9.17) is 0 Å². The van der Waals surface area contributed by atoms with Crippen LogP contribution >= 0.6 is 11.3 Å². The van der Waals surface area contributed by atoms with Crippen LogP contribution in [0, 0.1) is 5.82 Å². The van der Waals surface area contributed by atoms with Crippen LogP contribution in [-0.2, 0) is 30.7 Å². The van der Waals surface area contributed by atoms with Crippen molar-refractivity contribution < 1.29 is 9.18 Å². The van der Waals surface area contributed by atoms with Crippen LogP contribution in [0.1, 0.15) is 35.3 Å². The Balaban J connectivity index is 1.51. The zero-order chi connectivity index (χ0) is 21.1. The van der Waals surface area contributed by atoms with Crippen LogP contribution in [0.15, 0.2) is 48.0 Å². The fraction of sp³-hybridized carbons (Fsp3) is 0.348. The monoisotopic (exact) mass is 425 g/mol. The summed E-state index contributed by atoms with van der Waals surface area (Å²) in [6, 6.07) is 6.42. The van der Waals surface area contributed by atoms with E-state index in [1.807, 2.05) is 0 Å². The first-order valence-electron chi connectivity index (χ1n) is 10.2. The summed E-state index contributed by atoms with van der Waals surface area (Å²) in [6.07, 6.45) is 7.49. The highest BCUT2D eigenvalue weighted by Gasteiger charge is 2.21. The lowest BCUT2D eigenvalue weighted by Crippen LogP contribution is -2.32. The summed E-state index contributed by atoms with van der Waals surface area (Å²) in [5.41, 5.74) is 1.53. The number of hydrogen-bond donors (Lipinski definition) is 0. The molecule has 2 heterocycles. The maximum atomic E-state index is 14.0. The van der Waals surface area contributed by atoms with Gasteiger partial charge >= 0.3 is 0 Å². The topological polar surface area (TPSA) is 55.2 Å². The number of nitrogens with zero attached hydrogens (tertiary/aromatic N) is 3. The van der Waals surface area contributed by atoms with Gasteiger partial charge in [-0.05, 0) is 37.3 Å². The van der Waals surface area contributed by atoms with Crippen LogP contribution in [-0.4, -0.2) is 26.9 Å². The molecule has 1 aliphatic rings. The average molecular weight is 426 g/mol. The second kappa shape index (κ2) is 8.92. The Bertz CT molecular complexity index is 1150. The fourth-order valence-electron chi connectivity index (χ4n) is 3.96. The molecule has 1 amide bonds. The molecule has 0 bridgehead atoms. The van der Waals surface area contributed by atoms with Gasteiger partial charge in [0.05, 0.1) is 11.7 Å². The summed E-state index contributed by atoms with van der Waals surface area (Å²) in [6.45, 7) is 4.43. The van der Waals surface area contributed by atoms with Gasteiger partial charge < -0.3 is 4.90 Å². The van der Waals surface area contributed by atoms with Crippen LogP contribution in [0.4, 0.5) is 4.39 Å². The number of aryl methyl sites for hydroxylation is 3. The zero-order valence-electron chi connectivity index (χ0n) is 16.8. The molecule has 7 heteroatoms. The predicted octanol–water partition coefficient (Wildman–Crippen LogP) is 4.08. The molecule has 5 nitrogen and oxygen atoms in total. The molecule has 0 atom stereocenters. The number of rotatable bonds is 7. The third-order valence-corrected chi connectivity index (χ3v) is 6.73. The molecule has 0 unspecified atom stereocenters. The quantitative estimate of drug-likeness (QED) is 0.536. The summed E-state index contributed by atoms with van der Waals surface area (Å²) >= 11 is 1.61. The molecule has 156 valence electrons. The normalized spacial score (nSPS) is 13.2. The SMILES string of the molecule is C=CCN(Cc1ccccc1F)C(=O)CCn1cnc2sc3c(c2c1=O)CCCC3. The third kappa shape index (κ3) is 4.07. The number of thiophene rings is 1. The Hall–Kier alpha value is -2.80. The fourth-order valence-corrected chi connectivity index (χ4v) is 5.18. The van der Waals surface area contributed by atoms with E-state index in [0.29, 0.717) is 12.1 Å². The maximum Gasteiger partial charge on any atom is 0.262 e. The molecule has 30 heavy (non-hydrogen) atoms. The molecule has 0 N–H and O–H groups in total. The van der Waals surface area contributed by atoms with E-state index in [1.165, 1.54) is 21.8 Å². The van der Waals surface area contributed by atoms with Crippen LogP contribution in [0.2, 0.25) is 0 Å². The van der Waals surface area contributed by atoms with E-state index < -0.39 is 0 Å². The highest BCUT2D eigenvalue weighted by atomic mass is 32.1. The highest BCUT2D eigenvalue weighted by molar-refractivity contribution is 7.18. The molecular formula is C23H24FN3O2S. The Labute approximate surface area is 178 Å². The summed E-state index contributed by atoms with van der Waals surface area (Å²) < 4.78 is 15.5. The molecule has 0 saturated heterocycles. The van der Waals surface area contributed by atoms with Crippen LogP contribution in [0.25, 0.3) is 10.2 Å². The molecule has 1 aromatic carbocycles. The van der Waals surface area contributed by atoms with Gasteiger partial charge in [0.1, 0.15) is 10.6 Å². The van der Waals surface area contributed by atoms with Gasteiger partial charge in [-0.15, -0.1) is 17.9 Å². The Kier molecular flexibility index (Phi) is 6.08. The minimum Gasteiger partial charge on any atom is -0.334 e. The van der Waals surface area contributed by atoms with Gasteiger partial charge in [-0.2, -0.15) is 0 Å². The number of fused-ring (bicyclic) bond motifs is 3. The second-order valence-corrected chi connectivity index (χ2v) is 8.62. The van der Waals surface area contributed by atoms with Crippen LogP contribution in [0.3, 0.4) is 0 Å². The van der Waals surface area contributed by atoms with Crippen molar-refractivity contribution in [1.82, 2.24) is 14.5 Å². The maximum absolute atomic E-state index is 14.0. The number of aromatic nitrogens is 2. The molecule has 4 rings (SSSR count). The minimum atomic E-state index is -0.340. The number of hydrogen-bond acceptors (Lipinski definition) is 4. The van der Waals surface area contributed by atoms with Gasteiger partial charge in [0, 0.05) is 36.5 Å². The van der Waals surface area contributed by atoms with E-state index in [0.717, 1.165) is 41.5 Å². The average Bonchev–Trinajstić information content (AvgIpc) is 3.13. The molecule has 3 aromatic rings. The summed E-state index contributed by atoms with van der Waals surface area (Å²) in [5.74, 6) is -0.495. The standard InChI is InChI=1S/C23H24FN3O2S/c1-2-12-26(14-16-7-3-5-9-18(16)24)20(28)11-13-27-15-25-22-21(23(27)29)17-8-4-6-10-19(17)30-22/h2-3,5,7,9,15H,1,4,6,8,10-14H2. The Morgan fingerprint density at radius 3 is 2.90 bits per heavy atom. The number of benzene rings is 1. The second-order valence-electron chi connectivity index (χ2n) is 7.54. The van der Waals surface area contributed by atoms with Crippen molar-refractivity contribution in [3.63, 3.8) is 0 Å². The lowest BCUT2D eigenvalue weighted by molar-refractivity contribution is -0.131.